The van der Waals surface area contributed by atoms with Gasteiger partial charge in [-0.1, -0.05) is 0 Å². The van der Waals surface area contributed by atoms with E-state index in [9.17, 15) is 8.78 Å². The Balaban J connectivity index is 1.48. The van der Waals surface area contributed by atoms with Crippen molar-refractivity contribution in [3.63, 3.8) is 0 Å². The zero-order valence-corrected chi connectivity index (χ0v) is 14.8. The van der Waals surface area contributed by atoms with Crippen molar-refractivity contribution in [3.8, 4) is 0 Å². The van der Waals surface area contributed by atoms with Crippen LogP contribution >= 0.6 is 0 Å². The van der Waals surface area contributed by atoms with Gasteiger partial charge in [0.2, 0.25) is 0 Å². The molecule has 7 atom stereocenters. The van der Waals surface area contributed by atoms with Crippen LogP contribution in [-0.4, -0.2) is 68.1 Å². The smallest absolute Gasteiger partial charge is 0.284 e. The molecular formula is C17H30F2N4O2. The van der Waals surface area contributed by atoms with Gasteiger partial charge in [0.25, 0.3) is 5.92 Å². The Morgan fingerprint density at radius 1 is 1.16 bits per heavy atom. The average molecular weight is 360 g/mol. The van der Waals surface area contributed by atoms with E-state index in [1.165, 1.54) is 0 Å². The molecule has 25 heavy (non-hydrogen) atoms. The van der Waals surface area contributed by atoms with Crippen molar-refractivity contribution in [1.29, 1.82) is 0 Å². The molecule has 4 rings (SSSR count). The number of halogens is 2. The van der Waals surface area contributed by atoms with Gasteiger partial charge in [0, 0.05) is 37.7 Å². The van der Waals surface area contributed by atoms with E-state index in [1.54, 1.807) is 5.01 Å². The first-order chi connectivity index (χ1) is 12.0. The normalized spacial score (nSPS) is 47.9. The minimum absolute atomic E-state index is 0.0444. The molecule has 3 aliphatic heterocycles. The topological polar surface area (TPSA) is 57.8 Å². The van der Waals surface area contributed by atoms with Crippen LogP contribution in [0.2, 0.25) is 0 Å². The first-order valence-electron chi connectivity index (χ1n) is 9.61. The number of ether oxygens (including phenoxy) is 2. The van der Waals surface area contributed by atoms with Crippen LogP contribution in [0.3, 0.4) is 0 Å². The fourth-order valence-corrected chi connectivity index (χ4v) is 4.85. The van der Waals surface area contributed by atoms with E-state index in [0.29, 0.717) is 43.5 Å². The van der Waals surface area contributed by atoms with Crippen molar-refractivity contribution < 1.29 is 18.3 Å². The highest BCUT2D eigenvalue weighted by molar-refractivity contribution is 5.00. The van der Waals surface area contributed by atoms with Gasteiger partial charge in [-0.3, -0.25) is 16.3 Å². The van der Waals surface area contributed by atoms with Crippen LogP contribution in [0, 0.1) is 11.8 Å². The van der Waals surface area contributed by atoms with Gasteiger partial charge in [0.1, 0.15) is 6.61 Å². The molecule has 0 aromatic carbocycles. The fraction of sp³-hybridized carbons (Fsp3) is 1.00. The predicted molar refractivity (Wildman–Crippen MR) is 89.0 cm³/mol. The minimum Gasteiger partial charge on any atom is -0.375 e. The molecule has 0 amide bonds. The molecule has 6 nitrogen and oxygen atoms in total. The van der Waals surface area contributed by atoms with Crippen molar-refractivity contribution in [3.05, 3.63) is 0 Å². The van der Waals surface area contributed by atoms with Crippen LogP contribution in [0.5, 0.6) is 0 Å². The van der Waals surface area contributed by atoms with Crippen molar-refractivity contribution in [2.75, 3.05) is 32.8 Å². The van der Waals surface area contributed by atoms with Crippen LogP contribution in [-0.2, 0) is 9.47 Å². The first-order valence-corrected chi connectivity index (χ1v) is 9.61. The molecule has 3 saturated heterocycles. The standard InChI is InChI=1S/C17H30F2N4O2/c1-11-4-5-24-10-17(18,19)9-23-8-12(7-20-23)16-14-6-13(25-11)2-3-15(14)21-22-16/h11-16,20-22H,2-10H2,1H3/t11-,12?,13?,14?,15?,16?/m1/s1. The molecule has 6 unspecified atom stereocenters. The Labute approximate surface area is 147 Å². The summed E-state index contributed by atoms with van der Waals surface area (Å²) in [6.07, 6.45) is 4.16. The lowest BCUT2D eigenvalue weighted by Gasteiger charge is -2.35. The molecule has 8 heteroatoms. The number of fused-ring (bicyclic) bond motifs is 4. The lowest BCUT2D eigenvalue weighted by molar-refractivity contribution is -0.105. The maximum atomic E-state index is 14.1. The number of hydrazine groups is 2. The highest BCUT2D eigenvalue weighted by Crippen LogP contribution is 2.36. The summed E-state index contributed by atoms with van der Waals surface area (Å²) >= 11 is 0. The molecule has 144 valence electrons. The highest BCUT2D eigenvalue weighted by Gasteiger charge is 2.46. The zero-order chi connectivity index (χ0) is 17.4. The van der Waals surface area contributed by atoms with Gasteiger partial charge in [0.15, 0.2) is 0 Å². The molecule has 4 fully saturated rings. The molecule has 1 aliphatic carbocycles. The summed E-state index contributed by atoms with van der Waals surface area (Å²) in [7, 11) is 0. The molecule has 3 heterocycles. The van der Waals surface area contributed by atoms with E-state index in [-0.39, 0.29) is 18.8 Å². The summed E-state index contributed by atoms with van der Waals surface area (Å²) in [4.78, 5) is 0. The lowest BCUT2D eigenvalue weighted by atomic mass is 9.76. The summed E-state index contributed by atoms with van der Waals surface area (Å²) in [5.41, 5.74) is 10.0. The van der Waals surface area contributed by atoms with Crippen molar-refractivity contribution in [1.82, 2.24) is 21.3 Å². The second-order valence-corrected chi connectivity index (χ2v) is 8.17. The quantitative estimate of drug-likeness (QED) is 0.597. The number of hydrogen-bond acceptors (Lipinski definition) is 6. The van der Waals surface area contributed by atoms with Crippen molar-refractivity contribution in [2.45, 2.75) is 62.8 Å². The molecule has 4 aliphatic rings. The zero-order valence-electron chi connectivity index (χ0n) is 14.8. The summed E-state index contributed by atoms with van der Waals surface area (Å²) in [5.74, 6) is -2.02. The van der Waals surface area contributed by atoms with Crippen molar-refractivity contribution >= 4 is 0 Å². The molecule has 0 aromatic rings. The summed E-state index contributed by atoms with van der Waals surface area (Å²) in [6.45, 7) is 2.89. The minimum atomic E-state index is -2.84. The second kappa shape index (κ2) is 7.32. The molecule has 0 radical (unpaired) electrons. The molecular weight excluding hydrogens is 330 g/mol. The Morgan fingerprint density at radius 2 is 2.04 bits per heavy atom. The Kier molecular flexibility index (Phi) is 5.28. The van der Waals surface area contributed by atoms with Crippen LogP contribution in [0.1, 0.15) is 32.6 Å². The van der Waals surface area contributed by atoms with E-state index in [1.807, 2.05) is 6.92 Å². The summed E-state index contributed by atoms with van der Waals surface area (Å²) in [5, 5.41) is 1.67. The average Bonchev–Trinajstić information content (AvgIpc) is 3.16. The molecule has 1 saturated carbocycles. The van der Waals surface area contributed by atoms with E-state index in [0.717, 1.165) is 25.8 Å². The number of rotatable bonds is 0. The van der Waals surface area contributed by atoms with Crippen LogP contribution < -0.4 is 16.3 Å². The molecule has 0 spiro atoms. The second-order valence-electron chi connectivity index (χ2n) is 8.17. The number of hydrogen-bond donors (Lipinski definition) is 3. The first kappa shape index (κ1) is 18.0. The van der Waals surface area contributed by atoms with E-state index >= 15 is 0 Å². The van der Waals surface area contributed by atoms with Gasteiger partial charge in [0.05, 0.1) is 18.8 Å². The molecule has 0 aromatic heterocycles. The van der Waals surface area contributed by atoms with Crippen LogP contribution in [0.25, 0.3) is 0 Å². The van der Waals surface area contributed by atoms with Crippen LogP contribution in [0.4, 0.5) is 8.78 Å². The highest BCUT2D eigenvalue weighted by atomic mass is 19.3. The number of nitrogens with zero attached hydrogens (tertiary/aromatic N) is 1. The Hall–Kier alpha value is -0.380. The summed E-state index contributed by atoms with van der Waals surface area (Å²) < 4.78 is 39.7. The molecule has 3 N–H and O–H groups in total. The largest absolute Gasteiger partial charge is 0.375 e. The Morgan fingerprint density at radius 3 is 2.92 bits per heavy atom. The van der Waals surface area contributed by atoms with Gasteiger partial charge in [-0.2, -0.15) is 0 Å². The van der Waals surface area contributed by atoms with Gasteiger partial charge in [-0.15, -0.1) is 0 Å². The fourth-order valence-electron chi connectivity index (χ4n) is 4.85. The van der Waals surface area contributed by atoms with Gasteiger partial charge < -0.3 is 9.47 Å². The van der Waals surface area contributed by atoms with E-state index < -0.39 is 12.5 Å². The van der Waals surface area contributed by atoms with Gasteiger partial charge in [-0.05, 0) is 38.5 Å². The van der Waals surface area contributed by atoms with E-state index in [2.05, 4.69) is 16.3 Å². The maximum absolute atomic E-state index is 14.1. The van der Waals surface area contributed by atoms with Crippen molar-refractivity contribution in [2.24, 2.45) is 11.8 Å². The Bertz CT molecular complexity index is 470. The summed E-state index contributed by atoms with van der Waals surface area (Å²) in [6, 6.07) is 0.772. The molecule has 4 bridgehead atoms. The lowest BCUT2D eigenvalue weighted by Crippen LogP contribution is -2.44. The number of alkyl halides is 2. The van der Waals surface area contributed by atoms with Gasteiger partial charge >= 0.3 is 0 Å². The predicted octanol–water partition coefficient (Wildman–Crippen LogP) is 0.897. The monoisotopic (exact) mass is 360 g/mol. The maximum Gasteiger partial charge on any atom is 0.284 e. The number of nitrogens with one attached hydrogen (secondary N) is 3. The third-order valence-electron chi connectivity index (χ3n) is 6.12. The third-order valence-corrected chi connectivity index (χ3v) is 6.12. The SMILES string of the molecule is C[C@@H]1CCOCC(F)(F)CN2CC(CN2)C2NNC3CCC(CC32)O1. The third kappa shape index (κ3) is 4.14. The van der Waals surface area contributed by atoms with Crippen LogP contribution in [0.15, 0.2) is 0 Å². The van der Waals surface area contributed by atoms with Gasteiger partial charge in [-0.25, -0.2) is 13.8 Å². The van der Waals surface area contributed by atoms with E-state index in [4.69, 9.17) is 9.47 Å².